The summed E-state index contributed by atoms with van der Waals surface area (Å²) in [6.07, 6.45) is 1.29. The molecular formula is C16H12N4O4. The second-order valence-electron chi connectivity index (χ2n) is 5.17. The quantitative estimate of drug-likeness (QED) is 0.566. The van der Waals surface area contributed by atoms with Crippen molar-refractivity contribution in [3.8, 4) is 0 Å². The van der Waals surface area contributed by atoms with E-state index in [2.05, 4.69) is 15.3 Å². The lowest BCUT2D eigenvalue weighted by Crippen LogP contribution is -2.14. The van der Waals surface area contributed by atoms with E-state index in [1.807, 2.05) is 0 Å². The third kappa shape index (κ3) is 2.84. The first-order valence-electron chi connectivity index (χ1n) is 6.99. The van der Waals surface area contributed by atoms with Crippen LogP contribution in [0.1, 0.15) is 15.9 Å². The van der Waals surface area contributed by atoms with E-state index >= 15 is 0 Å². The van der Waals surface area contributed by atoms with Gasteiger partial charge in [-0.3, -0.25) is 19.7 Å². The van der Waals surface area contributed by atoms with E-state index in [0.29, 0.717) is 22.2 Å². The Balaban J connectivity index is 1.96. The summed E-state index contributed by atoms with van der Waals surface area (Å²) in [4.78, 5) is 40.9. The number of anilines is 1. The summed E-state index contributed by atoms with van der Waals surface area (Å²) in [6, 6.07) is 8.76. The van der Waals surface area contributed by atoms with Crippen molar-refractivity contribution >= 4 is 28.2 Å². The van der Waals surface area contributed by atoms with Gasteiger partial charge in [0.05, 0.1) is 27.8 Å². The SMILES string of the molecule is Cc1ccc([N+](=O)[O-])cc1NC(=O)c1ccc2nc[nH]c(=O)c2c1. The molecule has 0 radical (unpaired) electrons. The lowest BCUT2D eigenvalue weighted by molar-refractivity contribution is -0.384. The van der Waals surface area contributed by atoms with Crippen LogP contribution in [0.2, 0.25) is 0 Å². The molecule has 0 aliphatic heterocycles. The second-order valence-corrected chi connectivity index (χ2v) is 5.17. The summed E-state index contributed by atoms with van der Waals surface area (Å²) in [6.45, 7) is 1.73. The van der Waals surface area contributed by atoms with Gasteiger partial charge in [-0.25, -0.2) is 4.98 Å². The lowest BCUT2D eigenvalue weighted by Gasteiger charge is -2.08. The third-order valence-corrected chi connectivity index (χ3v) is 3.58. The summed E-state index contributed by atoms with van der Waals surface area (Å²) in [5.74, 6) is -0.469. The number of nitrogens with one attached hydrogen (secondary N) is 2. The summed E-state index contributed by atoms with van der Waals surface area (Å²) >= 11 is 0. The number of carbonyl (C=O) groups is 1. The topological polar surface area (TPSA) is 118 Å². The molecule has 0 aliphatic rings. The second kappa shape index (κ2) is 5.92. The van der Waals surface area contributed by atoms with E-state index in [-0.39, 0.29) is 16.8 Å². The molecule has 8 nitrogen and oxygen atoms in total. The molecule has 0 saturated heterocycles. The number of amides is 1. The van der Waals surface area contributed by atoms with Gasteiger partial charge < -0.3 is 10.3 Å². The number of aryl methyl sites for hydroxylation is 1. The van der Waals surface area contributed by atoms with Crippen molar-refractivity contribution in [1.82, 2.24) is 9.97 Å². The Morgan fingerprint density at radius 2 is 2.04 bits per heavy atom. The Morgan fingerprint density at radius 1 is 1.25 bits per heavy atom. The third-order valence-electron chi connectivity index (χ3n) is 3.58. The van der Waals surface area contributed by atoms with E-state index in [1.54, 1.807) is 19.1 Å². The zero-order valence-electron chi connectivity index (χ0n) is 12.6. The van der Waals surface area contributed by atoms with E-state index in [9.17, 15) is 19.7 Å². The van der Waals surface area contributed by atoms with Crippen molar-refractivity contribution in [3.05, 3.63) is 74.3 Å². The highest BCUT2D eigenvalue weighted by atomic mass is 16.6. The van der Waals surface area contributed by atoms with Gasteiger partial charge in [0, 0.05) is 17.7 Å². The smallest absolute Gasteiger partial charge is 0.271 e. The monoisotopic (exact) mass is 324 g/mol. The van der Waals surface area contributed by atoms with E-state index in [4.69, 9.17) is 0 Å². The zero-order chi connectivity index (χ0) is 17.3. The Morgan fingerprint density at radius 3 is 2.79 bits per heavy atom. The average Bonchev–Trinajstić information content (AvgIpc) is 2.56. The highest BCUT2D eigenvalue weighted by Crippen LogP contribution is 2.22. The molecular weight excluding hydrogens is 312 g/mol. The van der Waals surface area contributed by atoms with E-state index < -0.39 is 10.8 Å². The van der Waals surface area contributed by atoms with Gasteiger partial charge in [0.25, 0.3) is 17.2 Å². The number of hydrogen-bond donors (Lipinski definition) is 2. The van der Waals surface area contributed by atoms with Crippen molar-refractivity contribution in [2.24, 2.45) is 0 Å². The van der Waals surface area contributed by atoms with Gasteiger partial charge in [0.2, 0.25) is 0 Å². The molecule has 0 atom stereocenters. The van der Waals surface area contributed by atoms with Crippen molar-refractivity contribution in [2.45, 2.75) is 6.92 Å². The fourth-order valence-corrected chi connectivity index (χ4v) is 2.26. The van der Waals surface area contributed by atoms with Crippen LogP contribution in [0.3, 0.4) is 0 Å². The molecule has 3 aromatic rings. The summed E-state index contributed by atoms with van der Waals surface area (Å²) < 4.78 is 0. The van der Waals surface area contributed by atoms with Gasteiger partial charge in [0.15, 0.2) is 0 Å². The molecule has 24 heavy (non-hydrogen) atoms. The molecule has 0 fully saturated rings. The highest BCUT2D eigenvalue weighted by molar-refractivity contribution is 6.06. The van der Waals surface area contributed by atoms with Crippen molar-refractivity contribution in [1.29, 1.82) is 0 Å². The Kier molecular flexibility index (Phi) is 3.78. The molecule has 2 aromatic carbocycles. The van der Waals surface area contributed by atoms with Gasteiger partial charge in [-0.05, 0) is 30.7 Å². The fourth-order valence-electron chi connectivity index (χ4n) is 2.26. The number of carbonyl (C=O) groups excluding carboxylic acids is 1. The van der Waals surface area contributed by atoms with Crippen molar-refractivity contribution in [2.75, 3.05) is 5.32 Å². The van der Waals surface area contributed by atoms with Crippen molar-refractivity contribution < 1.29 is 9.72 Å². The minimum Gasteiger partial charge on any atom is -0.321 e. The predicted molar refractivity (Wildman–Crippen MR) is 88.2 cm³/mol. The minimum absolute atomic E-state index is 0.116. The number of hydrogen-bond acceptors (Lipinski definition) is 5. The largest absolute Gasteiger partial charge is 0.321 e. The molecule has 0 spiro atoms. The van der Waals surface area contributed by atoms with Crippen LogP contribution in [0.25, 0.3) is 10.9 Å². The van der Waals surface area contributed by atoms with Crippen LogP contribution in [0.4, 0.5) is 11.4 Å². The van der Waals surface area contributed by atoms with Gasteiger partial charge in [-0.1, -0.05) is 6.07 Å². The average molecular weight is 324 g/mol. The van der Waals surface area contributed by atoms with Crippen LogP contribution in [0.5, 0.6) is 0 Å². The molecule has 0 unspecified atom stereocenters. The zero-order valence-corrected chi connectivity index (χ0v) is 12.6. The number of H-pyrrole nitrogens is 1. The molecule has 1 aromatic heterocycles. The molecule has 120 valence electrons. The number of benzene rings is 2. The molecule has 0 bridgehead atoms. The predicted octanol–water partition coefficient (Wildman–Crippen LogP) is 2.39. The maximum absolute atomic E-state index is 12.4. The van der Waals surface area contributed by atoms with Crippen LogP contribution in [0.15, 0.2) is 47.5 Å². The van der Waals surface area contributed by atoms with E-state index in [0.717, 1.165) is 0 Å². The molecule has 3 rings (SSSR count). The molecule has 8 heteroatoms. The van der Waals surface area contributed by atoms with E-state index in [1.165, 1.54) is 30.6 Å². The Hall–Kier alpha value is -3.55. The molecule has 1 heterocycles. The Bertz CT molecular complexity index is 1030. The summed E-state index contributed by atoms with van der Waals surface area (Å²) in [5.41, 5.74) is 1.30. The van der Waals surface area contributed by atoms with Crippen LogP contribution < -0.4 is 10.9 Å². The van der Waals surface area contributed by atoms with Crippen LogP contribution in [0, 0.1) is 17.0 Å². The highest BCUT2D eigenvalue weighted by Gasteiger charge is 2.13. The molecule has 1 amide bonds. The normalized spacial score (nSPS) is 10.5. The first kappa shape index (κ1) is 15.3. The molecule has 2 N–H and O–H groups in total. The van der Waals surface area contributed by atoms with Gasteiger partial charge in [0.1, 0.15) is 0 Å². The lowest BCUT2D eigenvalue weighted by atomic mass is 10.1. The fraction of sp³-hybridized carbons (Fsp3) is 0.0625. The van der Waals surface area contributed by atoms with Crippen LogP contribution in [-0.4, -0.2) is 20.8 Å². The van der Waals surface area contributed by atoms with Gasteiger partial charge in [-0.15, -0.1) is 0 Å². The number of aromatic nitrogens is 2. The van der Waals surface area contributed by atoms with Crippen LogP contribution >= 0.6 is 0 Å². The number of nitrogens with zero attached hydrogens (tertiary/aromatic N) is 2. The number of nitro groups is 1. The molecule has 0 saturated carbocycles. The Labute approximate surface area is 135 Å². The minimum atomic E-state index is -0.531. The first-order valence-corrected chi connectivity index (χ1v) is 6.99. The van der Waals surface area contributed by atoms with Crippen molar-refractivity contribution in [3.63, 3.8) is 0 Å². The maximum atomic E-state index is 12.4. The standard InChI is InChI=1S/C16H12N4O4/c1-9-2-4-11(20(23)24)7-14(9)19-15(21)10-3-5-13-12(6-10)16(22)18-8-17-13/h2-8H,1H3,(H,19,21)(H,17,18,22). The number of fused-ring (bicyclic) bond motifs is 1. The summed E-state index contributed by atoms with van der Waals surface area (Å²) in [7, 11) is 0. The molecule has 0 aliphatic carbocycles. The maximum Gasteiger partial charge on any atom is 0.271 e. The summed E-state index contributed by atoms with van der Waals surface area (Å²) in [5, 5.41) is 13.8. The number of aromatic amines is 1. The van der Waals surface area contributed by atoms with Crippen LogP contribution in [-0.2, 0) is 0 Å². The van der Waals surface area contributed by atoms with Gasteiger partial charge >= 0.3 is 0 Å². The number of non-ortho nitro benzene ring substituents is 1. The number of rotatable bonds is 3. The number of nitro benzene ring substituents is 1. The first-order chi connectivity index (χ1) is 11.5. The van der Waals surface area contributed by atoms with Gasteiger partial charge in [-0.2, -0.15) is 0 Å².